The number of carboxylic acids is 1. The van der Waals surface area contributed by atoms with Crippen molar-refractivity contribution in [1.82, 2.24) is 0 Å². The number of rotatable bonds is 2. The fourth-order valence-electron chi connectivity index (χ4n) is 1.15. The van der Waals surface area contributed by atoms with Crippen LogP contribution in [0.2, 0.25) is 0 Å². The topological polar surface area (TPSA) is 63.3 Å². The SMILES string of the molecule is Cc1ccc(F)c([C@@](C)(N)C(=O)O)c1. The van der Waals surface area contributed by atoms with Crippen molar-refractivity contribution in [2.24, 2.45) is 5.73 Å². The number of halogens is 1. The van der Waals surface area contributed by atoms with Gasteiger partial charge in [0.25, 0.3) is 0 Å². The van der Waals surface area contributed by atoms with Crippen LogP contribution in [-0.2, 0) is 10.3 Å². The van der Waals surface area contributed by atoms with Crippen LogP contribution >= 0.6 is 0 Å². The maximum Gasteiger partial charge on any atom is 0.328 e. The molecule has 0 saturated heterocycles. The van der Waals surface area contributed by atoms with Crippen LogP contribution in [0.25, 0.3) is 0 Å². The molecule has 0 aliphatic rings. The third-order valence-electron chi connectivity index (χ3n) is 2.13. The quantitative estimate of drug-likeness (QED) is 0.753. The van der Waals surface area contributed by atoms with Crippen molar-refractivity contribution in [3.05, 3.63) is 35.1 Å². The van der Waals surface area contributed by atoms with Gasteiger partial charge < -0.3 is 10.8 Å². The van der Waals surface area contributed by atoms with Gasteiger partial charge in [-0.05, 0) is 19.9 Å². The summed E-state index contributed by atoms with van der Waals surface area (Å²) in [6, 6.07) is 4.24. The molecule has 0 unspecified atom stereocenters. The van der Waals surface area contributed by atoms with Crippen LogP contribution in [0.5, 0.6) is 0 Å². The fraction of sp³-hybridized carbons (Fsp3) is 0.300. The molecule has 3 nitrogen and oxygen atoms in total. The molecule has 14 heavy (non-hydrogen) atoms. The number of benzene rings is 1. The third kappa shape index (κ3) is 1.75. The summed E-state index contributed by atoms with van der Waals surface area (Å²) in [6.45, 7) is 3.02. The molecular formula is C10H12FNO2. The second-order valence-electron chi connectivity index (χ2n) is 3.49. The van der Waals surface area contributed by atoms with Crippen LogP contribution in [0.15, 0.2) is 18.2 Å². The highest BCUT2D eigenvalue weighted by molar-refractivity contribution is 5.80. The summed E-state index contributed by atoms with van der Waals surface area (Å²) in [5.41, 5.74) is 4.61. The van der Waals surface area contributed by atoms with Gasteiger partial charge in [0.05, 0.1) is 0 Å². The molecular weight excluding hydrogens is 185 g/mol. The maximum absolute atomic E-state index is 13.3. The van der Waals surface area contributed by atoms with Gasteiger partial charge in [0, 0.05) is 5.56 Å². The largest absolute Gasteiger partial charge is 0.480 e. The van der Waals surface area contributed by atoms with Crippen LogP contribution in [0.4, 0.5) is 4.39 Å². The highest BCUT2D eigenvalue weighted by Crippen LogP contribution is 2.22. The molecule has 76 valence electrons. The summed E-state index contributed by atoms with van der Waals surface area (Å²) in [7, 11) is 0. The smallest absolute Gasteiger partial charge is 0.328 e. The van der Waals surface area contributed by atoms with Crippen LogP contribution in [-0.4, -0.2) is 11.1 Å². The first-order valence-electron chi connectivity index (χ1n) is 4.14. The molecule has 1 rings (SSSR count). The standard InChI is InChI=1S/C10H12FNO2/c1-6-3-4-8(11)7(5-6)10(2,12)9(13)14/h3-5H,12H2,1-2H3,(H,13,14)/t10-/m1/s1. The van der Waals surface area contributed by atoms with E-state index in [4.69, 9.17) is 10.8 Å². The summed E-state index contributed by atoms with van der Waals surface area (Å²) in [5.74, 6) is -1.84. The molecule has 0 heterocycles. The van der Waals surface area contributed by atoms with Crippen LogP contribution in [0.3, 0.4) is 0 Å². The van der Waals surface area contributed by atoms with E-state index in [0.29, 0.717) is 0 Å². The minimum Gasteiger partial charge on any atom is -0.480 e. The van der Waals surface area contributed by atoms with E-state index in [1.165, 1.54) is 19.1 Å². The molecule has 0 bridgehead atoms. The van der Waals surface area contributed by atoms with Crippen LogP contribution in [0, 0.1) is 12.7 Å². The van der Waals surface area contributed by atoms with E-state index < -0.39 is 17.3 Å². The average Bonchev–Trinajstić information content (AvgIpc) is 2.08. The van der Waals surface area contributed by atoms with Crippen molar-refractivity contribution in [3.63, 3.8) is 0 Å². The summed E-state index contributed by atoms with van der Waals surface area (Å²) in [6.07, 6.45) is 0. The number of hydrogen-bond donors (Lipinski definition) is 2. The highest BCUT2D eigenvalue weighted by Gasteiger charge is 2.32. The molecule has 4 heteroatoms. The molecule has 0 amide bonds. The molecule has 0 fully saturated rings. The molecule has 1 atom stereocenters. The van der Waals surface area contributed by atoms with Gasteiger partial charge in [-0.1, -0.05) is 17.7 Å². The zero-order chi connectivity index (χ0) is 10.9. The highest BCUT2D eigenvalue weighted by atomic mass is 19.1. The number of aryl methyl sites for hydroxylation is 1. The first-order valence-corrected chi connectivity index (χ1v) is 4.14. The molecule has 3 N–H and O–H groups in total. The molecule has 0 aliphatic carbocycles. The van der Waals surface area contributed by atoms with Gasteiger partial charge in [-0.3, -0.25) is 0 Å². The number of carbonyl (C=O) groups is 1. The zero-order valence-corrected chi connectivity index (χ0v) is 8.04. The molecule has 1 aromatic rings. The summed E-state index contributed by atoms with van der Waals surface area (Å²) in [4.78, 5) is 10.8. The Kier molecular flexibility index (Phi) is 2.57. The minimum absolute atomic E-state index is 0.00463. The van der Waals surface area contributed by atoms with E-state index in [9.17, 15) is 9.18 Å². The fourth-order valence-corrected chi connectivity index (χ4v) is 1.15. The summed E-state index contributed by atoms with van der Waals surface area (Å²) in [5, 5.41) is 8.82. The lowest BCUT2D eigenvalue weighted by atomic mass is 9.92. The predicted molar refractivity (Wildman–Crippen MR) is 50.3 cm³/mol. The van der Waals surface area contributed by atoms with Crippen molar-refractivity contribution in [2.75, 3.05) is 0 Å². The second kappa shape index (κ2) is 3.38. The Hall–Kier alpha value is -1.42. The molecule has 0 saturated carbocycles. The van der Waals surface area contributed by atoms with Gasteiger partial charge in [-0.2, -0.15) is 0 Å². The van der Waals surface area contributed by atoms with Crippen molar-refractivity contribution in [2.45, 2.75) is 19.4 Å². The average molecular weight is 197 g/mol. The number of nitrogens with two attached hydrogens (primary N) is 1. The van der Waals surface area contributed by atoms with Gasteiger partial charge in [0.15, 0.2) is 0 Å². The van der Waals surface area contributed by atoms with E-state index in [2.05, 4.69) is 0 Å². The van der Waals surface area contributed by atoms with Crippen LogP contribution < -0.4 is 5.73 Å². The van der Waals surface area contributed by atoms with Gasteiger partial charge in [0.1, 0.15) is 11.4 Å². The normalized spacial score (nSPS) is 14.9. The van der Waals surface area contributed by atoms with Gasteiger partial charge in [-0.15, -0.1) is 0 Å². The van der Waals surface area contributed by atoms with Gasteiger partial charge in [-0.25, -0.2) is 9.18 Å². The lowest BCUT2D eigenvalue weighted by Gasteiger charge is -2.20. The van der Waals surface area contributed by atoms with Gasteiger partial charge in [0.2, 0.25) is 0 Å². The van der Waals surface area contributed by atoms with E-state index in [-0.39, 0.29) is 5.56 Å². The number of hydrogen-bond acceptors (Lipinski definition) is 2. The Balaban J connectivity index is 3.31. The van der Waals surface area contributed by atoms with Crippen molar-refractivity contribution in [3.8, 4) is 0 Å². The first kappa shape index (κ1) is 10.7. The predicted octanol–water partition coefficient (Wildman–Crippen LogP) is 1.39. The molecule has 0 spiro atoms. The van der Waals surface area contributed by atoms with Crippen molar-refractivity contribution < 1.29 is 14.3 Å². The number of aliphatic carboxylic acids is 1. The first-order chi connectivity index (χ1) is 6.35. The van der Waals surface area contributed by atoms with E-state index >= 15 is 0 Å². The Labute approximate surface area is 81.4 Å². The monoisotopic (exact) mass is 197 g/mol. The Morgan fingerprint density at radius 1 is 1.57 bits per heavy atom. The van der Waals surface area contributed by atoms with Crippen molar-refractivity contribution in [1.29, 1.82) is 0 Å². The van der Waals surface area contributed by atoms with E-state index in [1.54, 1.807) is 13.0 Å². The lowest BCUT2D eigenvalue weighted by Crippen LogP contribution is -2.42. The zero-order valence-electron chi connectivity index (χ0n) is 8.04. The third-order valence-corrected chi connectivity index (χ3v) is 2.13. The molecule has 1 aromatic carbocycles. The van der Waals surface area contributed by atoms with Crippen molar-refractivity contribution >= 4 is 5.97 Å². The Morgan fingerprint density at radius 2 is 2.14 bits per heavy atom. The second-order valence-corrected chi connectivity index (χ2v) is 3.49. The molecule has 0 aliphatic heterocycles. The Bertz CT molecular complexity index is 374. The summed E-state index contributed by atoms with van der Waals surface area (Å²) >= 11 is 0. The van der Waals surface area contributed by atoms with E-state index in [0.717, 1.165) is 5.56 Å². The summed E-state index contributed by atoms with van der Waals surface area (Å²) < 4.78 is 13.3. The van der Waals surface area contributed by atoms with E-state index in [1.807, 2.05) is 0 Å². The Morgan fingerprint density at radius 3 is 2.64 bits per heavy atom. The van der Waals surface area contributed by atoms with Crippen LogP contribution in [0.1, 0.15) is 18.1 Å². The van der Waals surface area contributed by atoms with Gasteiger partial charge >= 0.3 is 5.97 Å². The maximum atomic E-state index is 13.3. The lowest BCUT2D eigenvalue weighted by molar-refractivity contribution is -0.143. The molecule has 0 radical (unpaired) electrons. The molecule has 0 aromatic heterocycles. The minimum atomic E-state index is -1.68. The number of carboxylic acid groups (broad SMARTS) is 1.